The van der Waals surface area contributed by atoms with Gasteiger partial charge >= 0.3 is 0 Å². The molecule has 0 aliphatic carbocycles. The third-order valence-corrected chi connectivity index (χ3v) is 5.41. The van der Waals surface area contributed by atoms with Gasteiger partial charge in [0.1, 0.15) is 6.07 Å². The Bertz CT molecular complexity index is 1330. The van der Waals surface area contributed by atoms with E-state index in [1.807, 2.05) is 22.6 Å². The van der Waals surface area contributed by atoms with Crippen molar-refractivity contribution in [3.8, 4) is 6.07 Å². The van der Waals surface area contributed by atoms with E-state index >= 15 is 0 Å². The molecule has 0 saturated heterocycles. The van der Waals surface area contributed by atoms with Gasteiger partial charge in [0.15, 0.2) is 5.16 Å². The molecule has 0 spiro atoms. The molecule has 0 atom stereocenters. The van der Waals surface area contributed by atoms with E-state index in [1.165, 1.54) is 16.3 Å². The van der Waals surface area contributed by atoms with Gasteiger partial charge in [0.25, 0.3) is 5.56 Å². The molecule has 2 aromatic heterocycles. The first-order chi connectivity index (χ1) is 14.1. The van der Waals surface area contributed by atoms with Crippen molar-refractivity contribution in [1.29, 1.82) is 5.26 Å². The van der Waals surface area contributed by atoms with Gasteiger partial charge in [0.05, 0.1) is 22.2 Å². The lowest BCUT2D eigenvalue weighted by Crippen LogP contribution is -2.20. The van der Waals surface area contributed by atoms with Crippen LogP contribution in [-0.2, 0) is 11.8 Å². The molecule has 4 aromatic rings. The number of hydrogen-bond donors (Lipinski definition) is 1. The highest BCUT2D eigenvalue weighted by molar-refractivity contribution is 7.99. The van der Waals surface area contributed by atoms with Gasteiger partial charge < -0.3 is 5.32 Å². The molecule has 8 nitrogen and oxygen atoms in total. The fraction of sp³-hybridized carbons (Fsp3) is 0.150. The number of amides is 1. The zero-order valence-corrected chi connectivity index (χ0v) is 16.3. The largest absolute Gasteiger partial charge is 0.325 e. The van der Waals surface area contributed by atoms with Crippen LogP contribution >= 0.6 is 11.8 Å². The van der Waals surface area contributed by atoms with Crippen molar-refractivity contribution in [2.75, 3.05) is 11.1 Å². The van der Waals surface area contributed by atoms with E-state index in [0.29, 0.717) is 33.3 Å². The highest BCUT2D eigenvalue weighted by Crippen LogP contribution is 2.22. The van der Waals surface area contributed by atoms with Crippen molar-refractivity contribution < 1.29 is 4.79 Å². The normalized spacial score (nSPS) is 10.9. The molecular formula is C20H16N6O2S. The van der Waals surface area contributed by atoms with Gasteiger partial charge in [0, 0.05) is 19.2 Å². The minimum absolute atomic E-state index is 0.132. The average Bonchev–Trinajstić information content (AvgIpc) is 3.16. The molecule has 9 heteroatoms. The van der Waals surface area contributed by atoms with Gasteiger partial charge in [-0.1, -0.05) is 36.0 Å². The lowest BCUT2D eigenvalue weighted by atomic mass is 10.2. The summed E-state index contributed by atoms with van der Waals surface area (Å²) in [6.45, 7) is 0. The molecule has 2 heterocycles. The van der Waals surface area contributed by atoms with Crippen molar-refractivity contribution in [2.45, 2.75) is 11.6 Å². The molecule has 0 aliphatic rings. The number of nitriles is 1. The molecule has 29 heavy (non-hydrogen) atoms. The number of carbonyl (C=O) groups excluding carboxylic acids is 1. The Morgan fingerprint density at radius 1 is 1.17 bits per heavy atom. The van der Waals surface area contributed by atoms with Gasteiger partial charge in [-0.3, -0.25) is 18.6 Å². The third kappa shape index (κ3) is 3.46. The standard InChI is InChI=1S/C20H16N6O2S/c1-25-18(28)14-7-3-5-9-16(14)26-19(25)23-24-20(26)29-11-10-17(27)22-15-8-4-2-6-13(15)12-21/h2-9H,10-11H2,1H3,(H,22,27). The van der Waals surface area contributed by atoms with Gasteiger partial charge in [0.2, 0.25) is 11.7 Å². The lowest BCUT2D eigenvalue weighted by Gasteiger charge is -2.08. The van der Waals surface area contributed by atoms with Crippen LogP contribution in [0.5, 0.6) is 0 Å². The Morgan fingerprint density at radius 3 is 2.76 bits per heavy atom. The van der Waals surface area contributed by atoms with E-state index in [-0.39, 0.29) is 17.9 Å². The number of thioether (sulfide) groups is 1. The summed E-state index contributed by atoms with van der Waals surface area (Å²) >= 11 is 1.38. The molecule has 0 fully saturated rings. The molecule has 1 N–H and O–H groups in total. The number of carbonyl (C=O) groups is 1. The van der Waals surface area contributed by atoms with Crippen molar-refractivity contribution in [3.05, 3.63) is 64.4 Å². The number of aryl methyl sites for hydroxylation is 1. The topological polar surface area (TPSA) is 105 Å². The first-order valence-electron chi connectivity index (χ1n) is 8.85. The second-order valence-corrected chi connectivity index (χ2v) is 7.37. The molecule has 0 radical (unpaired) electrons. The quantitative estimate of drug-likeness (QED) is 0.513. The van der Waals surface area contributed by atoms with Crippen LogP contribution < -0.4 is 10.9 Å². The second kappa shape index (κ2) is 7.77. The fourth-order valence-corrected chi connectivity index (χ4v) is 3.92. The summed E-state index contributed by atoms with van der Waals surface area (Å²) in [6, 6.07) is 16.2. The highest BCUT2D eigenvalue weighted by atomic mass is 32.2. The van der Waals surface area contributed by atoms with E-state index in [4.69, 9.17) is 5.26 Å². The Morgan fingerprint density at radius 2 is 1.93 bits per heavy atom. The Kier molecular flexibility index (Phi) is 5.01. The molecule has 0 saturated carbocycles. The van der Waals surface area contributed by atoms with Gasteiger partial charge in [-0.25, -0.2) is 0 Å². The molecule has 0 unspecified atom stereocenters. The van der Waals surface area contributed by atoms with Crippen LogP contribution in [0.4, 0.5) is 5.69 Å². The average molecular weight is 404 g/mol. The van der Waals surface area contributed by atoms with Crippen LogP contribution in [0, 0.1) is 11.3 Å². The van der Waals surface area contributed by atoms with E-state index in [2.05, 4.69) is 21.6 Å². The maximum absolute atomic E-state index is 12.5. The summed E-state index contributed by atoms with van der Waals surface area (Å²) in [4.78, 5) is 24.7. The number of para-hydroxylation sites is 2. The Hall–Kier alpha value is -3.64. The molecule has 1 amide bonds. The van der Waals surface area contributed by atoms with Crippen molar-refractivity contribution in [1.82, 2.24) is 19.2 Å². The summed E-state index contributed by atoms with van der Waals surface area (Å²) in [5.74, 6) is 0.730. The minimum atomic E-state index is -0.189. The number of fused-ring (bicyclic) bond motifs is 3. The molecule has 2 aromatic carbocycles. The minimum Gasteiger partial charge on any atom is -0.325 e. The molecule has 4 rings (SSSR count). The van der Waals surface area contributed by atoms with Crippen molar-refractivity contribution in [3.63, 3.8) is 0 Å². The van der Waals surface area contributed by atoms with Gasteiger partial charge in [-0.2, -0.15) is 5.26 Å². The van der Waals surface area contributed by atoms with E-state index in [9.17, 15) is 9.59 Å². The number of anilines is 1. The van der Waals surface area contributed by atoms with Crippen LogP contribution in [0.3, 0.4) is 0 Å². The summed E-state index contributed by atoms with van der Waals surface area (Å²) in [7, 11) is 1.66. The number of hydrogen-bond acceptors (Lipinski definition) is 6. The van der Waals surface area contributed by atoms with E-state index < -0.39 is 0 Å². The molecule has 0 aliphatic heterocycles. The van der Waals surface area contributed by atoms with Crippen LogP contribution in [0.15, 0.2) is 58.5 Å². The van der Waals surface area contributed by atoms with E-state index in [1.54, 1.807) is 37.4 Å². The summed E-state index contributed by atoms with van der Waals surface area (Å²) in [5, 5.41) is 21.4. The van der Waals surface area contributed by atoms with E-state index in [0.717, 1.165) is 5.52 Å². The zero-order valence-electron chi connectivity index (χ0n) is 15.5. The molecule has 0 bridgehead atoms. The third-order valence-electron chi connectivity index (χ3n) is 4.48. The van der Waals surface area contributed by atoms with Crippen LogP contribution in [-0.4, -0.2) is 30.8 Å². The number of rotatable bonds is 5. The summed E-state index contributed by atoms with van der Waals surface area (Å²) in [5.41, 5.74) is 1.52. The van der Waals surface area contributed by atoms with Gasteiger partial charge in [-0.05, 0) is 24.3 Å². The summed E-state index contributed by atoms with van der Waals surface area (Å²) < 4.78 is 3.29. The number of nitrogens with zero attached hydrogens (tertiary/aromatic N) is 5. The number of nitrogens with one attached hydrogen (secondary N) is 1. The lowest BCUT2D eigenvalue weighted by molar-refractivity contribution is -0.115. The predicted octanol–water partition coefficient (Wildman–Crippen LogP) is 2.57. The Labute approximate surface area is 169 Å². The zero-order chi connectivity index (χ0) is 20.4. The smallest absolute Gasteiger partial charge is 0.262 e. The maximum atomic E-state index is 12.5. The number of aromatic nitrogens is 4. The van der Waals surface area contributed by atoms with Crippen molar-refractivity contribution in [2.24, 2.45) is 7.05 Å². The van der Waals surface area contributed by atoms with Crippen molar-refractivity contribution >= 4 is 40.0 Å². The van der Waals surface area contributed by atoms with Crippen LogP contribution in [0.1, 0.15) is 12.0 Å². The van der Waals surface area contributed by atoms with Crippen LogP contribution in [0.25, 0.3) is 16.7 Å². The number of benzene rings is 2. The molecule has 144 valence electrons. The molecular weight excluding hydrogens is 388 g/mol. The Balaban J connectivity index is 1.53. The maximum Gasteiger partial charge on any atom is 0.262 e. The monoisotopic (exact) mass is 404 g/mol. The SMILES string of the molecule is Cn1c(=O)c2ccccc2n2c(SCCC(=O)Nc3ccccc3C#N)nnc12. The predicted molar refractivity (Wildman–Crippen MR) is 111 cm³/mol. The first-order valence-corrected chi connectivity index (χ1v) is 9.83. The second-order valence-electron chi connectivity index (χ2n) is 6.30. The van der Waals surface area contributed by atoms with Gasteiger partial charge in [-0.15, -0.1) is 10.2 Å². The summed E-state index contributed by atoms with van der Waals surface area (Å²) in [6.07, 6.45) is 0.239. The highest BCUT2D eigenvalue weighted by Gasteiger charge is 2.15. The van der Waals surface area contributed by atoms with Crippen LogP contribution in [0.2, 0.25) is 0 Å². The fourth-order valence-electron chi connectivity index (χ4n) is 3.04. The first kappa shape index (κ1) is 18.7.